The second kappa shape index (κ2) is 10.6. The van der Waals surface area contributed by atoms with Crippen molar-refractivity contribution in [3.05, 3.63) is 71.3 Å². The van der Waals surface area contributed by atoms with Crippen molar-refractivity contribution in [1.29, 1.82) is 0 Å². The summed E-state index contributed by atoms with van der Waals surface area (Å²) in [6.07, 6.45) is 1.73. The normalized spacial score (nSPS) is 12.9. The van der Waals surface area contributed by atoms with Crippen LogP contribution >= 0.6 is 0 Å². The predicted molar refractivity (Wildman–Crippen MR) is 114 cm³/mol. The maximum atomic E-state index is 13.2. The van der Waals surface area contributed by atoms with E-state index >= 15 is 0 Å². The average molecular weight is 381 g/mol. The fraction of sp³-hybridized carbons (Fsp3) is 0.417. The second-order valence-corrected chi connectivity index (χ2v) is 7.41. The smallest absolute Gasteiger partial charge is 0.243 e. The zero-order chi connectivity index (χ0) is 20.5. The first-order valence-corrected chi connectivity index (χ1v) is 10.1. The van der Waals surface area contributed by atoms with Gasteiger partial charge in [0.25, 0.3) is 0 Å². The van der Waals surface area contributed by atoms with E-state index in [0.717, 1.165) is 23.1 Å². The molecule has 0 fully saturated rings. The van der Waals surface area contributed by atoms with Crippen molar-refractivity contribution in [2.24, 2.45) is 0 Å². The van der Waals surface area contributed by atoms with E-state index in [0.29, 0.717) is 19.4 Å². The van der Waals surface area contributed by atoms with Crippen molar-refractivity contribution in [3.63, 3.8) is 0 Å². The molecule has 4 nitrogen and oxygen atoms in total. The number of hydrogen-bond donors (Lipinski definition) is 1. The van der Waals surface area contributed by atoms with E-state index < -0.39 is 6.04 Å². The molecule has 0 saturated heterocycles. The number of aryl methyl sites for hydroxylation is 1. The second-order valence-electron chi connectivity index (χ2n) is 7.41. The molecule has 2 aromatic carbocycles. The molecule has 1 N–H and O–H groups in total. The van der Waals surface area contributed by atoms with Crippen LogP contribution in [0.1, 0.15) is 50.3 Å². The van der Waals surface area contributed by atoms with E-state index in [1.54, 1.807) is 4.90 Å². The Labute approximate surface area is 169 Å². The van der Waals surface area contributed by atoms with Crippen LogP contribution in [-0.2, 0) is 22.6 Å². The Hall–Kier alpha value is -2.62. The van der Waals surface area contributed by atoms with E-state index in [1.807, 2.05) is 82.3 Å². The summed E-state index contributed by atoms with van der Waals surface area (Å²) in [4.78, 5) is 27.8. The molecule has 2 rings (SSSR count). The molecule has 0 aliphatic carbocycles. The predicted octanol–water partition coefficient (Wildman–Crippen LogP) is 4.26. The summed E-state index contributed by atoms with van der Waals surface area (Å²) in [5, 5.41) is 3.04. The SMILES string of the molecule is CC[C@@H](C)NC(=O)[C@@H](CC)N(Cc1ccccc1)C(=O)Cc1ccc(C)cc1. The molecule has 0 aromatic heterocycles. The van der Waals surface area contributed by atoms with Gasteiger partial charge >= 0.3 is 0 Å². The van der Waals surface area contributed by atoms with E-state index in [9.17, 15) is 9.59 Å². The van der Waals surface area contributed by atoms with Crippen LogP contribution in [0.5, 0.6) is 0 Å². The molecular weight excluding hydrogens is 348 g/mol. The van der Waals surface area contributed by atoms with E-state index in [2.05, 4.69) is 5.32 Å². The van der Waals surface area contributed by atoms with E-state index in [1.165, 1.54) is 0 Å². The largest absolute Gasteiger partial charge is 0.352 e. The monoisotopic (exact) mass is 380 g/mol. The van der Waals surface area contributed by atoms with Crippen LogP contribution in [0.25, 0.3) is 0 Å². The van der Waals surface area contributed by atoms with Crippen LogP contribution in [0.2, 0.25) is 0 Å². The fourth-order valence-electron chi connectivity index (χ4n) is 3.12. The minimum Gasteiger partial charge on any atom is -0.352 e. The molecule has 0 heterocycles. The van der Waals surface area contributed by atoms with Crippen molar-refractivity contribution in [2.75, 3.05) is 0 Å². The Kier molecular flexibility index (Phi) is 8.24. The lowest BCUT2D eigenvalue weighted by atomic mass is 10.1. The third-order valence-electron chi connectivity index (χ3n) is 5.06. The molecule has 0 aliphatic rings. The molecule has 2 atom stereocenters. The highest BCUT2D eigenvalue weighted by Crippen LogP contribution is 2.15. The molecule has 0 saturated carbocycles. The molecule has 2 aromatic rings. The number of hydrogen-bond acceptors (Lipinski definition) is 2. The van der Waals surface area contributed by atoms with Gasteiger partial charge in [0.15, 0.2) is 0 Å². The number of nitrogens with one attached hydrogen (secondary N) is 1. The maximum Gasteiger partial charge on any atom is 0.243 e. The first-order valence-electron chi connectivity index (χ1n) is 10.1. The molecular formula is C24H32N2O2. The Morgan fingerprint density at radius 2 is 1.57 bits per heavy atom. The molecule has 0 bridgehead atoms. The minimum absolute atomic E-state index is 0.0288. The summed E-state index contributed by atoms with van der Waals surface area (Å²) >= 11 is 0. The van der Waals surface area contributed by atoms with E-state index in [-0.39, 0.29) is 17.9 Å². The number of rotatable bonds is 9. The first kappa shape index (κ1) is 21.7. The zero-order valence-corrected chi connectivity index (χ0v) is 17.4. The standard InChI is InChI=1S/C24H32N2O2/c1-5-19(4)25-24(28)22(6-2)26(17-21-10-8-7-9-11-21)23(27)16-20-14-12-18(3)13-15-20/h7-15,19,22H,5-6,16-17H2,1-4H3,(H,25,28)/t19-,22-/m1/s1. The molecule has 2 amide bonds. The van der Waals surface area contributed by atoms with Crippen molar-refractivity contribution >= 4 is 11.8 Å². The van der Waals surface area contributed by atoms with Crippen LogP contribution in [0.3, 0.4) is 0 Å². The molecule has 0 aliphatic heterocycles. The van der Waals surface area contributed by atoms with Crippen LogP contribution in [0.4, 0.5) is 0 Å². The van der Waals surface area contributed by atoms with Gasteiger partial charge in [0.05, 0.1) is 6.42 Å². The third-order valence-corrected chi connectivity index (χ3v) is 5.06. The first-order chi connectivity index (χ1) is 13.4. The highest BCUT2D eigenvalue weighted by Gasteiger charge is 2.29. The molecule has 4 heteroatoms. The van der Waals surface area contributed by atoms with Gasteiger partial charge in [-0.3, -0.25) is 9.59 Å². The number of nitrogens with zero attached hydrogens (tertiary/aromatic N) is 1. The maximum absolute atomic E-state index is 13.2. The van der Waals surface area contributed by atoms with Gasteiger partial charge in [0.1, 0.15) is 6.04 Å². The van der Waals surface area contributed by atoms with Crippen LogP contribution in [0, 0.1) is 6.92 Å². The topological polar surface area (TPSA) is 49.4 Å². The Bertz CT molecular complexity index is 756. The number of benzene rings is 2. The Morgan fingerprint density at radius 1 is 0.929 bits per heavy atom. The highest BCUT2D eigenvalue weighted by atomic mass is 16.2. The van der Waals surface area contributed by atoms with Gasteiger partial charge in [-0.1, -0.05) is 74.0 Å². The summed E-state index contributed by atoms with van der Waals surface area (Å²) in [5.74, 6) is -0.108. The van der Waals surface area contributed by atoms with Gasteiger partial charge < -0.3 is 10.2 Å². The van der Waals surface area contributed by atoms with Gasteiger partial charge in [-0.15, -0.1) is 0 Å². The molecule has 28 heavy (non-hydrogen) atoms. The summed E-state index contributed by atoms with van der Waals surface area (Å²) in [6, 6.07) is 17.4. The zero-order valence-electron chi connectivity index (χ0n) is 17.4. The summed E-state index contributed by atoms with van der Waals surface area (Å²) < 4.78 is 0. The van der Waals surface area contributed by atoms with Gasteiger partial charge in [-0.2, -0.15) is 0 Å². The molecule has 0 unspecified atom stereocenters. The summed E-state index contributed by atoms with van der Waals surface area (Å²) in [6.45, 7) is 8.44. The van der Waals surface area contributed by atoms with Gasteiger partial charge in [0.2, 0.25) is 11.8 Å². The number of amides is 2. The Morgan fingerprint density at radius 3 is 2.14 bits per heavy atom. The molecule has 0 radical (unpaired) electrons. The van der Waals surface area contributed by atoms with Gasteiger partial charge in [0, 0.05) is 12.6 Å². The molecule has 150 valence electrons. The summed E-state index contributed by atoms with van der Waals surface area (Å²) in [5.41, 5.74) is 3.15. The van der Waals surface area contributed by atoms with Crippen molar-refractivity contribution in [1.82, 2.24) is 10.2 Å². The van der Waals surface area contributed by atoms with Crippen molar-refractivity contribution in [3.8, 4) is 0 Å². The minimum atomic E-state index is -0.479. The number of carbonyl (C=O) groups is 2. The third kappa shape index (κ3) is 6.22. The fourth-order valence-corrected chi connectivity index (χ4v) is 3.12. The van der Waals surface area contributed by atoms with Crippen molar-refractivity contribution < 1.29 is 9.59 Å². The average Bonchev–Trinajstić information content (AvgIpc) is 2.70. The van der Waals surface area contributed by atoms with Gasteiger partial charge in [-0.25, -0.2) is 0 Å². The lowest BCUT2D eigenvalue weighted by Gasteiger charge is -2.31. The summed E-state index contributed by atoms with van der Waals surface area (Å²) in [7, 11) is 0. The van der Waals surface area contributed by atoms with E-state index in [4.69, 9.17) is 0 Å². The van der Waals surface area contributed by atoms with Crippen LogP contribution in [-0.4, -0.2) is 28.8 Å². The highest BCUT2D eigenvalue weighted by molar-refractivity contribution is 5.88. The van der Waals surface area contributed by atoms with Crippen molar-refractivity contribution in [2.45, 2.75) is 65.6 Å². The van der Waals surface area contributed by atoms with Crippen LogP contribution in [0.15, 0.2) is 54.6 Å². The number of carbonyl (C=O) groups excluding carboxylic acids is 2. The lowest BCUT2D eigenvalue weighted by molar-refractivity contribution is -0.141. The lowest BCUT2D eigenvalue weighted by Crippen LogP contribution is -2.51. The quantitative estimate of drug-likeness (QED) is 0.707. The molecule has 0 spiro atoms. The Balaban J connectivity index is 2.24. The van der Waals surface area contributed by atoms with Crippen LogP contribution < -0.4 is 5.32 Å². The van der Waals surface area contributed by atoms with Gasteiger partial charge in [-0.05, 0) is 37.8 Å².